The molecule has 0 aliphatic heterocycles. The van der Waals surface area contributed by atoms with Crippen LogP contribution in [0.2, 0.25) is 0 Å². The Morgan fingerprint density at radius 1 is 1.36 bits per heavy atom. The van der Waals surface area contributed by atoms with E-state index >= 15 is 0 Å². The van der Waals surface area contributed by atoms with Crippen LogP contribution in [-0.2, 0) is 11.2 Å². The minimum Gasteiger partial charge on any atom is -0.356 e. The molecule has 3 N–H and O–H groups in total. The summed E-state index contributed by atoms with van der Waals surface area (Å²) in [4.78, 5) is 16.9. The summed E-state index contributed by atoms with van der Waals surface area (Å²) in [6.45, 7) is 1.36. The number of rotatable bonds is 9. The second kappa shape index (κ2) is 10.3. The van der Waals surface area contributed by atoms with Crippen LogP contribution < -0.4 is 11.1 Å². The molecule has 2 aromatic heterocycles. The number of nitrogens with two attached hydrogens (primary N) is 1. The van der Waals surface area contributed by atoms with E-state index in [1.807, 2.05) is 17.5 Å². The Hall–Kier alpha value is -1.44. The minimum atomic E-state index is 0. The number of hydrogen-bond donors (Lipinski definition) is 2. The van der Waals surface area contributed by atoms with E-state index in [-0.39, 0.29) is 18.3 Å². The molecule has 0 aliphatic carbocycles. The van der Waals surface area contributed by atoms with Gasteiger partial charge in [-0.2, -0.15) is 4.98 Å². The number of thiophene rings is 1. The molecule has 0 fully saturated rings. The molecule has 0 spiro atoms. The summed E-state index contributed by atoms with van der Waals surface area (Å²) in [5.41, 5.74) is 5.39. The van der Waals surface area contributed by atoms with Crippen LogP contribution >= 0.6 is 23.7 Å². The van der Waals surface area contributed by atoms with Gasteiger partial charge in [0.1, 0.15) is 0 Å². The van der Waals surface area contributed by atoms with Crippen molar-refractivity contribution in [3.05, 3.63) is 23.4 Å². The number of aryl methyl sites for hydroxylation is 1. The molecule has 0 unspecified atom stereocenters. The van der Waals surface area contributed by atoms with Crippen molar-refractivity contribution in [3.63, 3.8) is 0 Å². The Balaban J connectivity index is 0.00000242. The Morgan fingerprint density at radius 2 is 2.23 bits per heavy atom. The quantitative estimate of drug-likeness (QED) is 0.681. The van der Waals surface area contributed by atoms with E-state index in [0.29, 0.717) is 44.1 Å². The first-order chi connectivity index (χ1) is 10.3. The van der Waals surface area contributed by atoms with Gasteiger partial charge in [-0.1, -0.05) is 11.2 Å². The average Bonchev–Trinajstić information content (AvgIpc) is 3.14. The molecule has 0 saturated carbocycles. The second-order valence-electron chi connectivity index (χ2n) is 4.69. The normalized spacial score (nSPS) is 10.2. The van der Waals surface area contributed by atoms with Gasteiger partial charge in [0.15, 0.2) is 0 Å². The number of nitrogens with zero attached hydrogens (tertiary/aromatic N) is 2. The minimum absolute atomic E-state index is 0. The number of carbonyl (C=O) groups excluding carboxylic acids is 1. The topological polar surface area (TPSA) is 94.0 Å². The molecule has 0 bridgehead atoms. The molecule has 0 atom stereocenters. The lowest BCUT2D eigenvalue weighted by molar-refractivity contribution is -0.121. The molecule has 2 aromatic rings. The van der Waals surface area contributed by atoms with Crippen molar-refractivity contribution in [2.75, 3.05) is 13.1 Å². The van der Waals surface area contributed by atoms with Gasteiger partial charge >= 0.3 is 0 Å². The largest absolute Gasteiger partial charge is 0.356 e. The van der Waals surface area contributed by atoms with Crippen molar-refractivity contribution in [1.82, 2.24) is 15.5 Å². The zero-order valence-electron chi connectivity index (χ0n) is 12.3. The standard InChI is InChI=1S/C14H20N4O2S.ClH/c15-8-1-2-9-16-12(19)6-3-7-13-17-14(18-20-13)11-5-4-10-21-11;/h4-5,10H,1-3,6-9,15H2,(H,16,19);1H. The van der Waals surface area contributed by atoms with E-state index in [1.165, 1.54) is 0 Å². The summed E-state index contributed by atoms with van der Waals surface area (Å²) in [5.74, 6) is 1.26. The number of unbranched alkanes of at least 4 members (excludes halogenated alkanes) is 1. The number of amides is 1. The monoisotopic (exact) mass is 344 g/mol. The number of carbonyl (C=O) groups is 1. The number of halogens is 1. The number of aromatic nitrogens is 2. The molecule has 0 aromatic carbocycles. The van der Waals surface area contributed by atoms with Crippen LogP contribution in [0.3, 0.4) is 0 Å². The maximum absolute atomic E-state index is 11.6. The van der Waals surface area contributed by atoms with Gasteiger partial charge in [-0.3, -0.25) is 4.79 Å². The highest BCUT2D eigenvalue weighted by molar-refractivity contribution is 7.13. The third kappa shape index (κ3) is 6.13. The van der Waals surface area contributed by atoms with Gasteiger partial charge < -0.3 is 15.6 Å². The van der Waals surface area contributed by atoms with Gasteiger partial charge in [-0.15, -0.1) is 23.7 Å². The highest BCUT2D eigenvalue weighted by Crippen LogP contribution is 2.21. The maximum Gasteiger partial charge on any atom is 0.226 e. The van der Waals surface area contributed by atoms with Crippen molar-refractivity contribution < 1.29 is 9.32 Å². The van der Waals surface area contributed by atoms with Crippen molar-refractivity contribution >= 4 is 29.7 Å². The lowest BCUT2D eigenvalue weighted by atomic mass is 10.2. The van der Waals surface area contributed by atoms with E-state index in [2.05, 4.69) is 15.5 Å². The molecule has 6 nitrogen and oxygen atoms in total. The lowest BCUT2D eigenvalue weighted by Crippen LogP contribution is -2.24. The summed E-state index contributed by atoms with van der Waals surface area (Å²) in [5, 5.41) is 8.78. The van der Waals surface area contributed by atoms with Crippen molar-refractivity contribution in [2.45, 2.75) is 32.1 Å². The van der Waals surface area contributed by atoms with E-state index in [1.54, 1.807) is 11.3 Å². The van der Waals surface area contributed by atoms with Gasteiger partial charge in [0.25, 0.3) is 0 Å². The highest BCUT2D eigenvalue weighted by atomic mass is 35.5. The summed E-state index contributed by atoms with van der Waals surface area (Å²) >= 11 is 1.57. The predicted octanol–water partition coefficient (Wildman–Crippen LogP) is 2.40. The first-order valence-corrected chi connectivity index (χ1v) is 8.01. The molecule has 0 radical (unpaired) electrons. The maximum atomic E-state index is 11.6. The fourth-order valence-corrected chi connectivity index (χ4v) is 2.50. The number of nitrogens with one attached hydrogen (secondary N) is 1. The highest BCUT2D eigenvalue weighted by Gasteiger charge is 2.09. The van der Waals surface area contributed by atoms with Gasteiger partial charge in [-0.05, 0) is 37.3 Å². The third-order valence-corrected chi connectivity index (χ3v) is 3.82. The zero-order chi connectivity index (χ0) is 14.9. The predicted molar refractivity (Wildman–Crippen MR) is 89.1 cm³/mol. The average molecular weight is 345 g/mol. The first-order valence-electron chi connectivity index (χ1n) is 7.13. The summed E-state index contributed by atoms with van der Waals surface area (Å²) in [6, 6.07) is 3.90. The molecular formula is C14H21ClN4O2S. The molecule has 2 rings (SSSR count). The van der Waals surface area contributed by atoms with Crippen molar-refractivity contribution in [2.24, 2.45) is 5.73 Å². The van der Waals surface area contributed by atoms with Crippen LogP contribution in [-0.4, -0.2) is 29.1 Å². The van der Waals surface area contributed by atoms with Crippen molar-refractivity contribution in [1.29, 1.82) is 0 Å². The SMILES string of the molecule is Cl.NCCCCNC(=O)CCCc1nc(-c2cccs2)no1. The van der Waals surface area contributed by atoms with Crippen LogP contribution in [0.25, 0.3) is 10.7 Å². The second-order valence-corrected chi connectivity index (χ2v) is 5.64. The van der Waals surface area contributed by atoms with Gasteiger partial charge in [-0.25, -0.2) is 0 Å². The molecule has 122 valence electrons. The van der Waals surface area contributed by atoms with Gasteiger partial charge in [0.05, 0.1) is 4.88 Å². The molecular weight excluding hydrogens is 324 g/mol. The van der Waals surface area contributed by atoms with Gasteiger partial charge in [0.2, 0.25) is 17.6 Å². The van der Waals surface area contributed by atoms with E-state index in [0.717, 1.165) is 17.7 Å². The summed E-state index contributed by atoms with van der Waals surface area (Å²) in [6.07, 6.45) is 3.66. The van der Waals surface area contributed by atoms with Crippen LogP contribution in [0.15, 0.2) is 22.0 Å². The third-order valence-electron chi connectivity index (χ3n) is 2.96. The molecule has 0 aliphatic rings. The van der Waals surface area contributed by atoms with E-state index in [4.69, 9.17) is 10.3 Å². The van der Waals surface area contributed by atoms with Gasteiger partial charge in [0, 0.05) is 19.4 Å². The molecule has 8 heteroatoms. The smallest absolute Gasteiger partial charge is 0.226 e. The lowest BCUT2D eigenvalue weighted by Gasteiger charge is -2.03. The molecule has 1 amide bonds. The Labute approximate surface area is 139 Å². The Bertz CT molecular complexity index is 545. The van der Waals surface area contributed by atoms with Crippen LogP contribution in [0.1, 0.15) is 31.6 Å². The van der Waals surface area contributed by atoms with Crippen LogP contribution in [0, 0.1) is 0 Å². The van der Waals surface area contributed by atoms with E-state index < -0.39 is 0 Å². The fraction of sp³-hybridized carbons (Fsp3) is 0.500. The Kier molecular flexibility index (Phi) is 8.72. The fourth-order valence-electron chi connectivity index (χ4n) is 1.85. The van der Waals surface area contributed by atoms with Crippen LogP contribution in [0.4, 0.5) is 0 Å². The first kappa shape index (κ1) is 18.6. The molecule has 22 heavy (non-hydrogen) atoms. The summed E-state index contributed by atoms with van der Waals surface area (Å²) in [7, 11) is 0. The summed E-state index contributed by atoms with van der Waals surface area (Å²) < 4.78 is 5.18. The van der Waals surface area contributed by atoms with E-state index in [9.17, 15) is 4.79 Å². The Morgan fingerprint density at radius 3 is 2.95 bits per heavy atom. The molecule has 0 saturated heterocycles. The molecule has 2 heterocycles. The van der Waals surface area contributed by atoms with Crippen LogP contribution in [0.5, 0.6) is 0 Å². The van der Waals surface area contributed by atoms with Crippen molar-refractivity contribution in [3.8, 4) is 10.7 Å². The zero-order valence-corrected chi connectivity index (χ0v) is 13.9. The number of hydrogen-bond acceptors (Lipinski definition) is 6.